The number of carbonyl (C=O) groups excluding carboxylic acids is 2. The average Bonchev–Trinajstić information content (AvgIpc) is 2.73. The molecule has 2 heterocycles. The van der Waals surface area contributed by atoms with Crippen LogP contribution in [0.15, 0.2) is 53.7 Å². The van der Waals surface area contributed by atoms with Gasteiger partial charge in [0, 0.05) is 57.1 Å². The third-order valence-corrected chi connectivity index (χ3v) is 6.49. The molecule has 0 radical (unpaired) electrons. The molecule has 2 amide bonds. The van der Waals surface area contributed by atoms with Gasteiger partial charge >= 0.3 is 0 Å². The quantitative estimate of drug-likeness (QED) is 0.763. The van der Waals surface area contributed by atoms with E-state index in [-0.39, 0.29) is 55.7 Å². The van der Waals surface area contributed by atoms with Gasteiger partial charge in [-0.15, -0.1) is 0 Å². The van der Waals surface area contributed by atoms with Crippen LogP contribution in [0.4, 0.5) is 10.1 Å². The average molecular weight is 420 g/mol. The lowest BCUT2D eigenvalue weighted by molar-refractivity contribution is -0.133. The van der Waals surface area contributed by atoms with Crippen LogP contribution in [0.2, 0.25) is 0 Å². The maximum absolute atomic E-state index is 13.0. The Bertz CT molecular complexity index is 959. The Labute approximate surface area is 168 Å². The maximum atomic E-state index is 13.0. The Morgan fingerprint density at radius 3 is 2.21 bits per heavy atom. The topological polar surface area (TPSA) is 99.7 Å². The summed E-state index contributed by atoms with van der Waals surface area (Å²) in [6, 6.07) is 7.96. The fourth-order valence-electron chi connectivity index (χ4n) is 2.97. The molecule has 1 fully saturated rings. The van der Waals surface area contributed by atoms with Crippen molar-refractivity contribution in [2.45, 2.75) is 17.7 Å². The van der Waals surface area contributed by atoms with Crippen LogP contribution in [0.25, 0.3) is 0 Å². The molecule has 29 heavy (non-hydrogen) atoms. The SMILES string of the molecule is O=C(CCC(=O)N1CCN(S(=O)(=O)c2ccc(F)cc2)CC1)Nc1ccncc1. The molecule has 8 nitrogen and oxygen atoms in total. The van der Waals surface area contributed by atoms with Crippen molar-refractivity contribution in [3.05, 3.63) is 54.6 Å². The summed E-state index contributed by atoms with van der Waals surface area (Å²) in [7, 11) is -3.73. The van der Waals surface area contributed by atoms with Crippen molar-refractivity contribution in [2.24, 2.45) is 0 Å². The predicted molar refractivity (Wildman–Crippen MR) is 104 cm³/mol. The number of aromatic nitrogens is 1. The number of carbonyl (C=O) groups is 2. The lowest BCUT2D eigenvalue weighted by Gasteiger charge is -2.34. The zero-order valence-electron chi connectivity index (χ0n) is 15.6. The van der Waals surface area contributed by atoms with E-state index in [9.17, 15) is 22.4 Å². The Morgan fingerprint density at radius 1 is 0.966 bits per heavy atom. The van der Waals surface area contributed by atoms with Crippen LogP contribution in [-0.2, 0) is 19.6 Å². The van der Waals surface area contributed by atoms with E-state index in [2.05, 4.69) is 10.3 Å². The van der Waals surface area contributed by atoms with Gasteiger partial charge in [0.05, 0.1) is 4.90 Å². The summed E-state index contributed by atoms with van der Waals surface area (Å²) in [5.41, 5.74) is 0.608. The number of nitrogens with one attached hydrogen (secondary N) is 1. The van der Waals surface area contributed by atoms with Crippen molar-refractivity contribution in [1.82, 2.24) is 14.2 Å². The molecule has 1 aromatic carbocycles. The van der Waals surface area contributed by atoms with Crippen molar-refractivity contribution in [1.29, 1.82) is 0 Å². The first-order valence-electron chi connectivity index (χ1n) is 9.09. The number of sulfonamides is 1. The number of nitrogens with zero attached hydrogens (tertiary/aromatic N) is 3. The van der Waals surface area contributed by atoms with E-state index in [0.717, 1.165) is 12.1 Å². The molecule has 1 aromatic heterocycles. The molecule has 3 rings (SSSR count). The minimum Gasteiger partial charge on any atom is -0.340 e. The summed E-state index contributed by atoms with van der Waals surface area (Å²) >= 11 is 0. The first-order chi connectivity index (χ1) is 13.9. The van der Waals surface area contributed by atoms with E-state index in [1.54, 1.807) is 29.4 Å². The normalized spacial score (nSPS) is 15.1. The van der Waals surface area contributed by atoms with Crippen molar-refractivity contribution < 1.29 is 22.4 Å². The van der Waals surface area contributed by atoms with Gasteiger partial charge in [-0.3, -0.25) is 14.6 Å². The van der Waals surface area contributed by atoms with E-state index in [0.29, 0.717) is 5.69 Å². The summed E-state index contributed by atoms with van der Waals surface area (Å²) in [6.07, 6.45) is 3.19. The summed E-state index contributed by atoms with van der Waals surface area (Å²) in [6.45, 7) is 0.778. The Balaban J connectivity index is 1.48. The minimum absolute atomic E-state index is 0.0199. The van der Waals surface area contributed by atoms with Gasteiger partial charge in [0.2, 0.25) is 21.8 Å². The number of benzene rings is 1. The van der Waals surface area contributed by atoms with E-state index < -0.39 is 15.8 Å². The number of piperazine rings is 1. The highest BCUT2D eigenvalue weighted by atomic mass is 32.2. The van der Waals surface area contributed by atoms with E-state index in [1.807, 2.05) is 0 Å². The first kappa shape index (κ1) is 20.9. The Kier molecular flexibility index (Phi) is 6.55. The molecule has 0 aliphatic carbocycles. The largest absolute Gasteiger partial charge is 0.340 e. The van der Waals surface area contributed by atoms with Crippen molar-refractivity contribution in [2.75, 3.05) is 31.5 Å². The van der Waals surface area contributed by atoms with Crippen LogP contribution < -0.4 is 5.32 Å². The molecule has 0 spiro atoms. The van der Waals surface area contributed by atoms with Gasteiger partial charge in [-0.05, 0) is 36.4 Å². The Hall–Kier alpha value is -2.85. The van der Waals surface area contributed by atoms with Gasteiger partial charge in [0.25, 0.3) is 0 Å². The molecule has 154 valence electrons. The lowest BCUT2D eigenvalue weighted by Crippen LogP contribution is -2.50. The van der Waals surface area contributed by atoms with E-state index >= 15 is 0 Å². The van der Waals surface area contributed by atoms with Crippen LogP contribution in [0.1, 0.15) is 12.8 Å². The van der Waals surface area contributed by atoms with E-state index in [4.69, 9.17) is 0 Å². The number of pyridine rings is 1. The highest BCUT2D eigenvalue weighted by Crippen LogP contribution is 2.18. The maximum Gasteiger partial charge on any atom is 0.243 e. The van der Waals surface area contributed by atoms with Gasteiger partial charge < -0.3 is 10.2 Å². The molecule has 2 aromatic rings. The fraction of sp³-hybridized carbons (Fsp3) is 0.316. The molecule has 1 N–H and O–H groups in total. The molecule has 0 bridgehead atoms. The summed E-state index contributed by atoms with van der Waals surface area (Å²) in [4.78, 5) is 29.7. The highest BCUT2D eigenvalue weighted by molar-refractivity contribution is 7.89. The third-order valence-electron chi connectivity index (χ3n) is 4.57. The molecule has 1 aliphatic heterocycles. The van der Waals surface area contributed by atoms with Crippen LogP contribution >= 0.6 is 0 Å². The molecule has 0 atom stereocenters. The third kappa shape index (κ3) is 5.36. The Morgan fingerprint density at radius 2 is 1.59 bits per heavy atom. The first-order valence-corrected chi connectivity index (χ1v) is 10.5. The fourth-order valence-corrected chi connectivity index (χ4v) is 4.39. The van der Waals surface area contributed by atoms with Gasteiger partial charge in [0.1, 0.15) is 5.82 Å². The molecular weight excluding hydrogens is 399 g/mol. The molecule has 0 unspecified atom stereocenters. The zero-order chi connectivity index (χ0) is 20.9. The highest BCUT2D eigenvalue weighted by Gasteiger charge is 2.30. The minimum atomic E-state index is -3.73. The summed E-state index contributed by atoms with van der Waals surface area (Å²) in [5.74, 6) is -0.983. The summed E-state index contributed by atoms with van der Waals surface area (Å²) in [5, 5.41) is 2.69. The van der Waals surface area contributed by atoms with Gasteiger partial charge in [-0.25, -0.2) is 12.8 Å². The van der Waals surface area contributed by atoms with Crippen LogP contribution in [0, 0.1) is 5.82 Å². The number of hydrogen-bond donors (Lipinski definition) is 1. The molecule has 0 saturated carbocycles. The van der Waals surface area contributed by atoms with Crippen molar-refractivity contribution >= 4 is 27.5 Å². The number of hydrogen-bond acceptors (Lipinski definition) is 5. The van der Waals surface area contributed by atoms with Crippen molar-refractivity contribution in [3.8, 4) is 0 Å². The number of anilines is 1. The summed E-state index contributed by atoms with van der Waals surface area (Å²) < 4.78 is 39.5. The van der Waals surface area contributed by atoms with Gasteiger partial charge in [0.15, 0.2) is 0 Å². The van der Waals surface area contributed by atoms with Crippen LogP contribution in [0.5, 0.6) is 0 Å². The number of halogens is 1. The second kappa shape index (κ2) is 9.10. The molecular formula is C19H21FN4O4S. The standard InChI is InChI=1S/C19H21FN4O4S/c20-15-1-3-17(4-2-15)29(27,28)24-13-11-23(12-14-24)19(26)6-5-18(25)22-16-7-9-21-10-8-16/h1-4,7-10H,5-6,11-14H2,(H,21,22,25). The molecule has 1 aliphatic rings. The second-order valence-corrected chi connectivity index (χ2v) is 8.46. The van der Waals surface area contributed by atoms with Crippen molar-refractivity contribution in [3.63, 3.8) is 0 Å². The lowest BCUT2D eigenvalue weighted by atomic mass is 10.2. The van der Waals surface area contributed by atoms with E-state index in [1.165, 1.54) is 16.4 Å². The zero-order valence-corrected chi connectivity index (χ0v) is 16.4. The second-order valence-electron chi connectivity index (χ2n) is 6.52. The van der Waals surface area contributed by atoms with Gasteiger partial charge in [-0.1, -0.05) is 0 Å². The van der Waals surface area contributed by atoms with Gasteiger partial charge in [-0.2, -0.15) is 4.31 Å². The number of rotatable bonds is 6. The molecule has 1 saturated heterocycles. The monoisotopic (exact) mass is 420 g/mol. The number of amides is 2. The van der Waals surface area contributed by atoms with Crippen LogP contribution in [-0.4, -0.2) is 60.6 Å². The molecule has 10 heteroatoms. The predicted octanol–water partition coefficient (Wildman–Crippen LogP) is 1.47. The van der Waals surface area contributed by atoms with Crippen LogP contribution in [0.3, 0.4) is 0 Å². The smallest absolute Gasteiger partial charge is 0.243 e.